The van der Waals surface area contributed by atoms with Crippen LogP contribution in [-0.4, -0.2) is 54.3 Å². The van der Waals surface area contributed by atoms with Crippen molar-refractivity contribution in [1.29, 1.82) is 0 Å². The smallest absolute Gasteiger partial charge is 0.129 e. The molecule has 3 rings (SSSR count). The maximum absolute atomic E-state index is 8.95. The van der Waals surface area contributed by atoms with E-state index in [4.69, 9.17) is 10.1 Å². The van der Waals surface area contributed by atoms with Gasteiger partial charge in [-0.3, -0.25) is 4.90 Å². The van der Waals surface area contributed by atoms with Gasteiger partial charge in [-0.2, -0.15) is 0 Å². The van der Waals surface area contributed by atoms with Crippen LogP contribution in [0.5, 0.6) is 0 Å². The standard InChI is InChI=1S/C15H19N3O/c19-12-11-17-7-9-18(10-8-17)15-6-5-13-3-1-2-4-14(13)16-15/h1-6,19H,7-12H2. The number of β-amino-alcohol motifs (C(OH)–C–C–N with tert-alkyl or cyclic N) is 1. The zero-order valence-corrected chi connectivity index (χ0v) is 11.0. The van der Waals surface area contributed by atoms with Crippen molar-refractivity contribution < 1.29 is 5.11 Å². The summed E-state index contributed by atoms with van der Waals surface area (Å²) >= 11 is 0. The predicted octanol–water partition coefficient (Wildman–Crippen LogP) is 1.35. The van der Waals surface area contributed by atoms with E-state index in [2.05, 4.69) is 34.1 Å². The lowest BCUT2D eigenvalue weighted by molar-refractivity contribution is 0.188. The normalized spacial score (nSPS) is 17.0. The number of aromatic nitrogens is 1. The molecule has 1 N–H and O–H groups in total. The van der Waals surface area contributed by atoms with E-state index in [9.17, 15) is 0 Å². The second kappa shape index (κ2) is 5.55. The molecule has 0 spiro atoms. The summed E-state index contributed by atoms with van der Waals surface area (Å²) in [6.07, 6.45) is 0. The highest BCUT2D eigenvalue weighted by Gasteiger charge is 2.17. The Morgan fingerprint density at radius 1 is 1.00 bits per heavy atom. The van der Waals surface area contributed by atoms with Crippen LogP contribution in [0.2, 0.25) is 0 Å². The Kier molecular flexibility index (Phi) is 3.62. The molecule has 4 nitrogen and oxygen atoms in total. The Morgan fingerprint density at radius 2 is 1.79 bits per heavy atom. The summed E-state index contributed by atoms with van der Waals surface area (Å²) < 4.78 is 0. The molecular formula is C15H19N3O. The van der Waals surface area contributed by atoms with E-state index in [0.717, 1.165) is 44.1 Å². The Bertz CT molecular complexity index is 550. The SMILES string of the molecule is OCCN1CCN(c2ccc3ccccc3n2)CC1. The lowest BCUT2D eigenvalue weighted by atomic mass is 10.2. The third-order valence-electron chi connectivity index (χ3n) is 3.70. The molecular weight excluding hydrogens is 238 g/mol. The maximum Gasteiger partial charge on any atom is 0.129 e. The molecule has 0 saturated carbocycles. The first-order chi connectivity index (χ1) is 9.36. The minimum absolute atomic E-state index is 0.244. The molecule has 0 amide bonds. The molecule has 2 aromatic rings. The van der Waals surface area contributed by atoms with Gasteiger partial charge in [-0.25, -0.2) is 4.98 Å². The van der Waals surface area contributed by atoms with Crippen LogP contribution < -0.4 is 4.90 Å². The van der Waals surface area contributed by atoms with Crippen molar-refractivity contribution in [2.45, 2.75) is 0 Å². The summed E-state index contributed by atoms with van der Waals surface area (Å²) in [6, 6.07) is 12.4. The average Bonchev–Trinajstić information content (AvgIpc) is 2.48. The fraction of sp³-hybridized carbons (Fsp3) is 0.400. The number of aliphatic hydroxyl groups excluding tert-OH is 1. The van der Waals surface area contributed by atoms with Gasteiger partial charge in [0.15, 0.2) is 0 Å². The van der Waals surface area contributed by atoms with Crippen LogP contribution in [0.25, 0.3) is 10.9 Å². The van der Waals surface area contributed by atoms with Gasteiger partial charge in [0.1, 0.15) is 5.82 Å². The Hall–Kier alpha value is -1.65. The van der Waals surface area contributed by atoms with Gasteiger partial charge in [0.25, 0.3) is 0 Å². The van der Waals surface area contributed by atoms with Gasteiger partial charge in [-0.1, -0.05) is 18.2 Å². The molecule has 0 radical (unpaired) electrons. The van der Waals surface area contributed by atoms with Crippen LogP contribution in [-0.2, 0) is 0 Å². The fourth-order valence-electron chi connectivity index (χ4n) is 2.57. The summed E-state index contributed by atoms with van der Waals surface area (Å²) in [5.41, 5.74) is 1.05. The van der Waals surface area contributed by atoms with Crippen molar-refractivity contribution in [2.24, 2.45) is 0 Å². The minimum atomic E-state index is 0.244. The zero-order chi connectivity index (χ0) is 13.1. The van der Waals surface area contributed by atoms with Gasteiger partial charge in [0.2, 0.25) is 0 Å². The Labute approximate surface area is 113 Å². The third-order valence-corrected chi connectivity index (χ3v) is 3.70. The number of pyridine rings is 1. The molecule has 100 valence electrons. The molecule has 0 unspecified atom stereocenters. The number of anilines is 1. The summed E-state index contributed by atoms with van der Waals surface area (Å²) in [5.74, 6) is 1.06. The predicted molar refractivity (Wildman–Crippen MR) is 77.5 cm³/mol. The van der Waals surface area contributed by atoms with E-state index in [1.54, 1.807) is 0 Å². The summed E-state index contributed by atoms with van der Waals surface area (Å²) in [4.78, 5) is 9.34. The van der Waals surface area contributed by atoms with E-state index in [1.165, 1.54) is 5.39 Å². The molecule has 1 saturated heterocycles. The van der Waals surface area contributed by atoms with Gasteiger partial charge >= 0.3 is 0 Å². The molecule has 1 aromatic carbocycles. The third kappa shape index (κ3) is 2.69. The van der Waals surface area contributed by atoms with Gasteiger partial charge < -0.3 is 10.0 Å². The van der Waals surface area contributed by atoms with Gasteiger partial charge in [0, 0.05) is 38.1 Å². The highest BCUT2D eigenvalue weighted by molar-refractivity contribution is 5.80. The van der Waals surface area contributed by atoms with Crippen LogP contribution in [0.3, 0.4) is 0 Å². The fourth-order valence-corrected chi connectivity index (χ4v) is 2.57. The molecule has 0 aliphatic carbocycles. The largest absolute Gasteiger partial charge is 0.395 e. The molecule has 1 aliphatic rings. The zero-order valence-electron chi connectivity index (χ0n) is 11.0. The first-order valence-corrected chi connectivity index (χ1v) is 6.81. The van der Waals surface area contributed by atoms with Gasteiger partial charge in [-0.15, -0.1) is 0 Å². The highest BCUT2D eigenvalue weighted by atomic mass is 16.3. The molecule has 1 fully saturated rings. The number of rotatable bonds is 3. The van der Waals surface area contributed by atoms with Gasteiger partial charge in [0.05, 0.1) is 12.1 Å². The van der Waals surface area contributed by atoms with Crippen LogP contribution in [0, 0.1) is 0 Å². The van der Waals surface area contributed by atoms with Crippen molar-refractivity contribution in [3.05, 3.63) is 36.4 Å². The number of benzene rings is 1. The first-order valence-electron chi connectivity index (χ1n) is 6.81. The van der Waals surface area contributed by atoms with E-state index >= 15 is 0 Å². The number of nitrogens with zero attached hydrogens (tertiary/aromatic N) is 3. The molecule has 0 atom stereocenters. The number of hydrogen-bond donors (Lipinski definition) is 1. The summed E-state index contributed by atoms with van der Waals surface area (Å²) in [7, 11) is 0. The summed E-state index contributed by atoms with van der Waals surface area (Å²) in [6.45, 7) is 4.97. The van der Waals surface area contributed by atoms with E-state index in [-0.39, 0.29) is 6.61 Å². The summed E-state index contributed by atoms with van der Waals surface area (Å²) in [5, 5.41) is 10.1. The topological polar surface area (TPSA) is 39.6 Å². The van der Waals surface area contributed by atoms with Crippen molar-refractivity contribution in [3.8, 4) is 0 Å². The lowest BCUT2D eigenvalue weighted by Gasteiger charge is -2.35. The first kappa shape index (κ1) is 12.4. The second-order valence-electron chi connectivity index (χ2n) is 4.91. The van der Waals surface area contributed by atoms with Crippen molar-refractivity contribution in [3.63, 3.8) is 0 Å². The van der Waals surface area contributed by atoms with Crippen LogP contribution in [0.1, 0.15) is 0 Å². The number of fused-ring (bicyclic) bond motifs is 1. The minimum Gasteiger partial charge on any atom is -0.395 e. The van der Waals surface area contributed by atoms with Gasteiger partial charge in [-0.05, 0) is 18.2 Å². The second-order valence-corrected chi connectivity index (χ2v) is 4.91. The molecule has 0 bridgehead atoms. The van der Waals surface area contributed by atoms with E-state index in [0.29, 0.717) is 0 Å². The van der Waals surface area contributed by atoms with Crippen molar-refractivity contribution in [1.82, 2.24) is 9.88 Å². The monoisotopic (exact) mass is 257 g/mol. The lowest BCUT2D eigenvalue weighted by Crippen LogP contribution is -2.47. The molecule has 4 heteroatoms. The number of para-hydroxylation sites is 1. The average molecular weight is 257 g/mol. The highest BCUT2D eigenvalue weighted by Crippen LogP contribution is 2.18. The molecule has 2 heterocycles. The Balaban J connectivity index is 1.74. The quantitative estimate of drug-likeness (QED) is 0.901. The number of piperazine rings is 1. The number of aliphatic hydroxyl groups is 1. The molecule has 1 aliphatic heterocycles. The van der Waals surface area contributed by atoms with Crippen LogP contribution >= 0.6 is 0 Å². The molecule has 1 aromatic heterocycles. The van der Waals surface area contributed by atoms with Crippen LogP contribution in [0.4, 0.5) is 5.82 Å². The van der Waals surface area contributed by atoms with E-state index < -0.39 is 0 Å². The molecule has 19 heavy (non-hydrogen) atoms. The van der Waals surface area contributed by atoms with Crippen LogP contribution in [0.15, 0.2) is 36.4 Å². The van der Waals surface area contributed by atoms with Crippen molar-refractivity contribution in [2.75, 3.05) is 44.2 Å². The van der Waals surface area contributed by atoms with E-state index in [1.807, 2.05) is 12.1 Å². The maximum atomic E-state index is 8.95. The van der Waals surface area contributed by atoms with Crippen molar-refractivity contribution >= 4 is 16.7 Å². The number of hydrogen-bond acceptors (Lipinski definition) is 4. The Morgan fingerprint density at radius 3 is 2.58 bits per heavy atom.